The molecule has 0 saturated carbocycles. The van der Waals surface area contributed by atoms with Crippen molar-refractivity contribution in [2.75, 3.05) is 0 Å². The first kappa shape index (κ1) is 16.6. The van der Waals surface area contributed by atoms with Crippen molar-refractivity contribution in [2.45, 2.75) is 23.8 Å². The molecule has 0 bridgehead atoms. The van der Waals surface area contributed by atoms with Crippen LogP contribution in [0.3, 0.4) is 0 Å². The number of thioether (sulfide) groups is 1. The third kappa shape index (κ3) is 3.19. The standard InChI is InChI=1S/C18H13Cl2N3OS/c1-10-2-4-11(5-3-10)17-21-18-23(22-17)16(24)9-15(25-18)12-6-7-13(19)14(20)8-12/h2-8,15H,9H2,1H3. The van der Waals surface area contributed by atoms with Gasteiger partial charge in [0.2, 0.25) is 0 Å². The Hall–Kier alpha value is -1.82. The van der Waals surface area contributed by atoms with Gasteiger partial charge < -0.3 is 0 Å². The summed E-state index contributed by atoms with van der Waals surface area (Å²) >= 11 is 13.6. The second kappa shape index (κ2) is 6.48. The summed E-state index contributed by atoms with van der Waals surface area (Å²) in [5, 5.41) is 5.92. The number of hydrogen-bond donors (Lipinski definition) is 0. The van der Waals surface area contributed by atoms with E-state index in [0.29, 0.717) is 27.4 Å². The van der Waals surface area contributed by atoms with E-state index in [0.717, 1.165) is 16.7 Å². The number of aryl methyl sites for hydroxylation is 1. The van der Waals surface area contributed by atoms with Crippen LogP contribution in [0.15, 0.2) is 47.6 Å². The van der Waals surface area contributed by atoms with E-state index in [1.54, 1.807) is 6.07 Å². The van der Waals surface area contributed by atoms with Gasteiger partial charge in [-0.2, -0.15) is 4.68 Å². The van der Waals surface area contributed by atoms with Crippen molar-refractivity contribution in [1.82, 2.24) is 14.8 Å². The molecule has 1 aliphatic rings. The fraction of sp³-hybridized carbons (Fsp3) is 0.167. The molecule has 0 amide bonds. The smallest absolute Gasteiger partial charge is 0.250 e. The van der Waals surface area contributed by atoms with Crippen molar-refractivity contribution in [3.05, 3.63) is 63.6 Å². The van der Waals surface area contributed by atoms with Gasteiger partial charge in [0.25, 0.3) is 5.91 Å². The summed E-state index contributed by atoms with van der Waals surface area (Å²) in [5.74, 6) is 0.487. The molecule has 1 aromatic heterocycles. The topological polar surface area (TPSA) is 47.8 Å². The highest BCUT2D eigenvalue weighted by Gasteiger charge is 2.30. The summed E-state index contributed by atoms with van der Waals surface area (Å²) < 4.78 is 1.40. The van der Waals surface area contributed by atoms with Gasteiger partial charge in [-0.25, -0.2) is 4.98 Å². The van der Waals surface area contributed by atoms with Gasteiger partial charge >= 0.3 is 0 Å². The number of carbonyl (C=O) groups is 1. The van der Waals surface area contributed by atoms with Crippen LogP contribution >= 0.6 is 35.0 Å². The highest BCUT2D eigenvalue weighted by Crippen LogP contribution is 2.42. The maximum atomic E-state index is 12.5. The minimum atomic E-state index is -0.0734. The summed E-state index contributed by atoms with van der Waals surface area (Å²) in [5.41, 5.74) is 3.02. The molecule has 3 aromatic rings. The Labute approximate surface area is 159 Å². The number of hydrogen-bond acceptors (Lipinski definition) is 4. The monoisotopic (exact) mass is 389 g/mol. The maximum absolute atomic E-state index is 12.5. The molecule has 1 aliphatic heterocycles. The predicted molar refractivity (Wildman–Crippen MR) is 100 cm³/mol. The summed E-state index contributed by atoms with van der Waals surface area (Å²) in [6.45, 7) is 2.02. The molecule has 0 radical (unpaired) electrons. The number of benzene rings is 2. The first-order valence-corrected chi connectivity index (χ1v) is 9.34. The normalized spacial score (nSPS) is 16.8. The van der Waals surface area contributed by atoms with E-state index in [4.69, 9.17) is 23.2 Å². The van der Waals surface area contributed by atoms with Gasteiger partial charge in [0.05, 0.1) is 10.0 Å². The van der Waals surface area contributed by atoms with Crippen LogP contribution < -0.4 is 0 Å². The molecule has 126 valence electrons. The number of halogens is 2. The molecular weight excluding hydrogens is 377 g/mol. The molecule has 4 rings (SSSR count). The number of fused-ring (bicyclic) bond motifs is 1. The van der Waals surface area contributed by atoms with Gasteiger partial charge in [-0.15, -0.1) is 5.10 Å². The van der Waals surface area contributed by atoms with E-state index in [1.165, 1.54) is 16.4 Å². The molecule has 7 heteroatoms. The molecule has 0 spiro atoms. The van der Waals surface area contributed by atoms with E-state index in [9.17, 15) is 4.79 Å². The minimum Gasteiger partial charge on any atom is -0.272 e. The van der Waals surface area contributed by atoms with Crippen LogP contribution in [0.1, 0.15) is 27.6 Å². The highest BCUT2D eigenvalue weighted by molar-refractivity contribution is 7.99. The lowest BCUT2D eigenvalue weighted by molar-refractivity contribution is 0.0868. The van der Waals surface area contributed by atoms with Crippen LogP contribution in [-0.4, -0.2) is 20.7 Å². The third-order valence-corrected chi connectivity index (χ3v) is 5.98. The van der Waals surface area contributed by atoms with Gasteiger partial charge in [-0.05, 0) is 24.6 Å². The first-order valence-electron chi connectivity index (χ1n) is 7.70. The number of aromatic nitrogens is 3. The Morgan fingerprint density at radius 1 is 1.12 bits per heavy atom. The molecule has 2 heterocycles. The van der Waals surface area contributed by atoms with Crippen molar-refractivity contribution < 1.29 is 4.79 Å². The fourth-order valence-electron chi connectivity index (χ4n) is 2.67. The third-order valence-electron chi connectivity index (χ3n) is 4.05. The Balaban J connectivity index is 1.67. The zero-order valence-corrected chi connectivity index (χ0v) is 15.6. The van der Waals surface area contributed by atoms with E-state index in [2.05, 4.69) is 10.1 Å². The maximum Gasteiger partial charge on any atom is 0.250 e. The Bertz CT molecular complexity index is 969. The van der Waals surface area contributed by atoms with Crippen molar-refractivity contribution in [3.8, 4) is 11.4 Å². The van der Waals surface area contributed by atoms with Crippen LogP contribution in [0.25, 0.3) is 11.4 Å². The lowest BCUT2D eigenvalue weighted by Crippen LogP contribution is -2.20. The lowest BCUT2D eigenvalue weighted by atomic mass is 10.1. The molecule has 2 aromatic carbocycles. The number of carbonyl (C=O) groups excluding carboxylic acids is 1. The molecular formula is C18H13Cl2N3OS. The summed E-state index contributed by atoms with van der Waals surface area (Å²) in [7, 11) is 0. The van der Waals surface area contributed by atoms with Crippen LogP contribution in [-0.2, 0) is 0 Å². The minimum absolute atomic E-state index is 0.0511. The summed E-state index contributed by atoms with van der Waals surface area (Å²) in [6, 6.07) is 13.4. The van der Waals surface area contributed by atoms with Crippen molar-refractivity contribution in [1.29, 1.82) is 0 Å². The van der Waals surface area contributed by atoms with Gasteiger partial charge in [0, 0.05) is 17.2 Å². The average molecular weight is 390 g/mol. The Kier molecular flexibility index (Phi) is 4.31. The molecule has 1 atom stereocenters. The molecule has 25 heavy (non-hydrogen) atoms. The summed E-state index contributed by atoms with van der Waals surface area (Å²) in [4.78, 5) is 17.1. The van der Waals surface area contributed by atoms with E-state index in [-0.39, 0.29) is 11.2 Å². The van der Waals surface area contributed by atoms with Gasteiger partial charge in [0.1, 0.15) is 0 Å². The first-order chi connectivity index (χ1) is 12.0. The quantitative estimate of drug-likeness (QED) is 0.585. The van der Waals surface area contributed by atoms with Crippen LogP contribution in [0.2, 0.25) is 10.0 Å². The van der Waals surface area contributed by atoms with Crippen molar-refractivity contribution in [3.63, 3.8) is 0 Å². The second-order valence-electron chi connectivity index (χ2n) is 5.87. The number of nitrogens with zero attached hydrogens (tertiary/aromatic N) is 3. The van der Waals surface area contributed by atoms with Gasteiger partial charge in [-0.3, -0.25) is 4.79 Å². The Morgan fingerprint density at radius 3 is 2.60 bits per heavy atom. The van der Waals surface area contributed by atoms with E-state index >= 15 is 0 Å². The molecule has 0 saturated heterocycles. The zero-order chi connectivity index (χ0) is 17.6. The fourth-order valence-corrected chi connectivity index (χ4v) is 4.13. The Morgan fingerprint density at radius 2 is 1.88 bits per heavy atom. The molecule has 0 fully saturated rings. The van der Waals surface area contributed by atoms with Crippen LogP contribution in [0, 0.1) is 6.92 Å². The van der Waals surface area contributed by atoms with Crippen molar-refractivity contribution in [2.24, 2.45) is 0 Å². The van der Waals surface area contributed by atoms with Crippen LogP contribution in [0.5, 0.6) is 0 Å². The largest absolute Gasteiger partial charge is 0.272 e. The van der Waals surface area contributed by atoms with E-state index < -0.39 is 0 Å². The predicted octanol–water partition coefficient (Wildman–Crippen LogP) is 5.44. The average Bonchev–Trinajstić information content (AvgIpc) is 3.02. The van der Waals surface area contributed by atoms with Crippen LogP contribution in [0.4, 0.5) is 0 Å². The molecule has 4 nitrogen and oxygen atoms in total. The second-order valence-corrected chi connectivity index (χ2v) is 7.86. The van der Waals surface area contributed by atoms with Crippen molar-refractivity contribution >= 4 is 40.9 Å². The van der Waals surface area contributed by atoms with Gasteiger partial charge in [0.15, 0.2) is 11.0 Å². The van der Waals surface area contributed by atoms with E-state index in [1.807, 2.05) is 43.3 Å². The molecule has 1 unspecified atom stereocenters. The lowest BCUT2D eigenvalue weighted by Gasteiger charge is -2.20. The SMILES string of the molecule is Cc1ccc(-c2nc3n(n2)C(=O)CC(c2ccc(Cl)c(Cl)c2)S3)cc1. The molecule has 0 N–H and O–H groups in total. The zero-order valence-electron chi connectivity index (χ0n) is 13.2. The molecule has 0 aliphatic carbocycles. The summed E-state index contributed by atoms with van der Waals surface area (Å²) in [6.07, 6.45) is 0.340. The van der Waals surface area contributed by atoms with Gasteiger partial charge in [-0.1, -0.05) is 70.9 Å². The number of rotatable bonds is 2. The highest BCUT2D eigenvalue weighted by atomic mass is 35.5.